The van der Waals surface area contributed by atoms with Gasteiger partial charge in [-0.1, -0.05) is 29.0 Å². The van der Waals surface area contributed by atoms with Crippen molar-refractivity contribution in [3.8, 4) is 5.75 Å². The SMILES string of the molecule is CN(C)C(=O)Oc1ccc(Cl)cc1C(=O)Nc1nc2c(C(F)(F)F)cccc2s1. The molecule has 2 amide bonds. The lowest BCUT2D eigenvalue weighted by Gasteiger charge is -2.13. The van der Waals surface area contributed by atoms with Gasteiger partial charge in [0.2, 0.25) is 0 Å². The quantitative estimate of drug-likeness (QED) is 0.597. The minimum absolute atomic E-state index is 0.0356. The molecule has 0 aliphatic rings. The number of carbonyl (C=O) groups excluding carboxylic acids is 2. The molecule has 0 spiro atoms. The number of carbonyl (C=O) groups is 2. The summed E-state index contributed by atoms with van der Waals surface area (Å²) in [6.07, 6.45) is -5.29. The van der Waals surface area contributed by atoms with Crippen LogP contribution in [0.3, 0.4) is 0 Å². The number of para-hydroxylation sites is 1. The predicted molar refractivity (Wildman–Crippen MR) is 104 cm³/mol. The Balaban J connectivity index is 1.93. The highest BCUT2D eigenvalue weighted by atomic mass is 35.5. The lowest BCUT2D eigenvalue weighted by Crippen LogP contribution is -2.26. The van der Waals surface area contributed by atoms with Crippen LogP contribution in [-0.4, -0.2) is 36.0 Å². The zero-order valence-corrected chi connectivity index (χ0v) is 16.6. The fourth-order valence-corrected chi connectivity index (χ4v) is 3.41. The number of benzene rings is 2. The van der Waals surface area contributed by atoms with Crippen LogP contribution in [0.2, 0.25) is 5.02 Å². The molecule has 29 heavy (non-hydrogen) atoms. The number of amides is 2. The van der Waals surface area contributed by atoms with E-state index in [1.165, 1.54) is 49.3 Å². The largest absolute Gasteiger partial charge is 0.418 e. The van der Waals surface area contributed by atoms with Crippen LogP contribution in [0.4, 0.5) is 23.1 Å². The second kappa shape index (κ2) is 7.88. The molecule has 152 valence electrons. The van der Waals surface area contributed by atoms with Crippen LogP contribution in [0.1, 0.15) is 15.9 Å². The second-order valence-electron chi connectivity index (χ2n) is 6.03. The van der Waals surface area contributed by atoms with Gasteiger partial charge in [0.25, 0.3) is 5.91 Å². The fraction of sp³-hybridized carbons (Fsp3) is 0.167. The molecule has 0 saturated heterocycles. The van der Waals surface area contributed by atoms with Gasteiger partial charge in [-0.2, -0.15) is 13.2 Å². The summed E-state index contributed by atoms with van der Waals surface area (Å²) in [6.45, 7) is 0. The second-order valence-corrected chi connectivity index (χ2v) is 7.49. The molecule has 0 fully saturated rings. The first-order valence-corrected chi connectivity index (χ1v) is 9.22. The molecule has 3 aromatic rings. The molecule has 2 aromatic carbocycles. The first-order valence-electron chi connectivity index (χ1n) is 8.03. The summed E-state index contributed by atoms with van der Waals surface area (Å²) < 4.78 is 44.9. The monoisotopic (exact) mass is 443 g/mol. The van der Waals surface area contributed by atoms with Crippen molar-refractivity contribution in [1.82, 2.24) is 9.88 Å². The predicted octanol–water partition coefficient (Wildman–Crippen LogP) is 5.28. The zero-order valence-electron chi connectivity index (χ0n) is 15.0. The van der Waals surface area contributed by atoms with Crippen LogP contribution in [-0.2, 0) is 6.18 Å². The third-order valence-electron chi connectivity index (χ3n) is 3.69. The maximum Gasteiger partial charge on any atom is 0.418 e. The molecule has 0 unspecified atom stereocenters. The lowest BCUT2D eigenvalue weighted by atomic mass is 10.2. The van der Waals surface area contributed by atoms with E-state index in [1.54, 1.807) is 0 Å². The molecule has 0 bridgehead atoms. The summed E-state index contributed by atoms with van der Waals surface area (Å²) >= 11 is 6.82. The van der Waals surface area contributed by atoms with Gasteiger partial charge in [-0.3, -0.25) is 10.1 Å². The first-order chi connectivity index (χ1) is 13.6. The Kier molecular flexibility index (Phi) is 5.67. The van der Waals surface area contributed by atoms with Gasteiger partial charge in [0.15, 0.2) is 5.13 Å². The molecular formula is C18H13ClF3N3O3S. The van der Waals surface area contributed by atoms with Gasteiger partial charge in [0.1, 0.15) is 5.75 Å². The van der Waals surface area contributed by atoms with E-state index in [4.69, 9.17) is 16.3 Å². The van der Waals surface area contributed by atoms with E-state index in [1.807, 2.05) is 0 Å². The van der Waals surface area contributed by atoms with Crippen LogP contribution < -0.4 is 10.1 Å². The number of fused-ring (bicyclic) bond motifs is 1. The standard InChI is InChI=1S/C18H13ClF3N3O3S/c1-25(2)17(27)28-12-7-6-9(19)8-10(12)15(26)24-16-23-14-11(18(20,21)22)4-3-5-13(14)29-16/h3-8H,1-2H3,(H,23,24,26). The summed E-state index contributed by atoms with van der Waals surface area (Å²) in [4.78, 5) is 29.5. The highest BCUT2D eigenvalue weighted by molar-refractivity contribution is 7.22. The molecule has 6 nitrogen and oxygen atoms in total. The van der Waals surface area contributed by atoms with Gasteiger partial charge in [-0.15, -0.1) is 0 Å². The molecule has 1 aromatic heterocycles. The minimum Gasteiger partial charge on any atom is -0.409 e. The molecule has 1 heterocycles. The van der Waals surface area contributed by atoms with Crippen LogP contribution in [0.25, 0.3) is 10.2 Å². The Morgan fingerprint density at radius 1 is 1.21 bits per heavy atom. The topological polar surface area (TPSA) is 71.5 Å². The number of hydrogen-bond donors (Lipinski definition) is 1. The van der Waals surface area contributed by atoms with Crippen molar-refractivity contribution >= 4 is 50.3 Å². The molecule has 3 rings (SSSR count). The number of nitrogens with one attached hydrogen (secondary N) is 1. The van der Waals surface area contributed by atoms with E-state index in [0.717, 1.165) is 17.4 Å². The summed E-state index contributed by atoms with van der Waals surface area (Å²) in [5.74, 6) is -0.788. The molecule has 0 atom stereocenters. The summed E-state index contributed by atoms with van der Waals surface area (Å²) in [7, 11) is 2.94. The van der Waals surface area contributed by atoms with E-state index < -0.39 is 23.7 Å². The van der Waals surface area contributed by atoms with E-state index in [0.29, 0.717) is 0 Å². The third kappa shape index (κ3) is 4.60. The third-order valence-corrected chi connectivity index (χ3v) is 4.86. The number of thiazole rings is 1. The van der Waals surface area contributed by atoms with E-state index in [9.17, 15) is 22.8 Å². The number of halogens is 4. The Morgan fingerprint density at radius 2 is 1.93 bits per heavy atom. The van der Waals surface area contributed by atoms with Gasteiger partial charge in [-0.25, -0.2) is 9.78 Å². The van der Waals surface area contributed by atoms with Crippen molar-refractivity contribution in [3.05, 3.63) is 52.5 Å². The Morgan fingerprint density at radius 3 is 2.59 bits per heavy atom. The van der Waals surface area contributed by atoms with Crippen molar-refractivity contribution in [2.45, 2.75) is 6.18 Å². The number of aromatic nitrogens is 1. The molecule has 1 N–H and O–H groups in total. The first kappa shape index (κ1) is 20.9. The number of hydrogen-bond acceptors (Lipinski definition) is 5. The van der Waals surface area contributed by atoms with Crippen LogP contribution in [0.15, 0.2) is 36.4 Å². The average Bonchev–Trinajstić information content (AvgIpc) is 3.04. The number of rotatable bonds is 3. The van der Waals surface area contributed by atoms with Gasteiger partial charge in [0.05, 0.1) is 21.3 Å². The van der Waals surface area contributed by atoms with Gasteiger partial charge >= 0.3 is 12.3 Å². The van der Waals surface area contributed by atoms with Crippen LogP contribution in [0.5, 0.6) is 5.75 Å². The Labute approximate surface area is 171 Å². The molecule has 0 radical (unpaired) electrons. The average molecular weight is 444 g/mol. The van der Waals surface area contributed by atoms with Gasteiger partial charge in [-0.05, 0) is 30.3 Å². The van der Waals surface area contributed by atoms with Crippen molar-refractivity contribution in [2.24, 2.45) is 0 Å². The number of anilines is 1. The number of nitrogens with zero attached hydrogens (tertiary/aromatic N) is 2. The molecular weight excluding hydrogens is 431 g/mol. The van der Waals surface area contributed by atoms with Crippen molar-refractivity contribution in [1.29, 1.82) is 0 Å². The van der Waals surface area contributed by atoms with Gasteiger partial charge < -0.3 is 9.64 Å². The molecule has 0 aliphatic carbocycles. The van der Waals surface area contributed by atoms with E-state index >= 15 is 0 Å². The fourth-order valence-electron chi connectivity index (χ4n) is 2.35. The summed E-state index contributed by atoms with van der Waals surface area (Å²) in [5.41, 5.74) is -1.22. The maximum atomic E-state index is 13.1. The van der Waals surface area contributed by atoms with Gasteiger partial charge in [0, 0.05) is 19.1 Å². The highest BCUT2D eigenvalue weighted by Crippen LogP contribution is 2.37. The van der Waals surface area contributed by atoms with Crippen molar-refractivity contribution in [2.75, 3.05) is 19.4 Å². The zero-order chi connectivity index (χ0) is 21.3. The molecule has 0 aliphatic heterocycles. The summed E-state index contributed by atoms with van der Waals surface area (Å²) in [6, 6.07) is 7.72. The van der Waals surface area contributed by atoms with Crippen LogP contribution >= 0.6 is 22.9 Å². The summed E-state index contributed by atoms with van der Waals surface area (Å²) in [5, 5.41) is 2.61. The minimum atomic E-state index is -4.57. The lowest BCUT2D eigenvalue weighted by molar-refractivity contribution is -0.136. The Hall–Kier alpha value is -2.85. The molecule has 11 heteroatoms. The maximum absolute atomic E-state index is 13.1. The van der Waals surface area contributed by atoms with Crippen LogP contribution in [0, 0.1) is 0 Å². The van der Waals surface area contributed by atoms with E-state index in [-0.39, 0.29) is 31.7 Å². The Bertz CT molecular complexity index is 1100. The highest BCUT2D eigenvalue weighted by Gasteiger charge is 2.34. The number of ether oxygens (including phenoxy) is 1. The molecule has 0 saturated carbocycles. The van der Waals surface area contributed by atoms with Crippen molar-refractivity contribution in [3.63, 3.8) is 0 Å². The van der Waals surface area contributed by atoms with E-state index in [2.05, 4.69) is 10.3 Å². The smallest absolute Gasteiger partial charge is 0.409 e. The number of alkyl halides is 3. The normalized spacial score (nSPS) is 11.4. The van der Waals surface area contributed by atoms with Crippen molar-refractivity contribution < 1.29 is 27.5 Å².